The van der Waals surface area contributed by atoms with E-state index in [0.717, 1.165) is 17.9 Å². The summed E-state index contributed by atoms with van der Waals surface area (Å²) in [4.78, 5) is 20.7. The van der Waals surface area contributed by atoms with Gasteiger partial charge in [0.1, 0.15) is 0 Å². The molecule has 1 aliphatic heterocycles. The highest BCUT2D eigenvalue weighted by atomic mass is 16.1. The molecule has 0 saturated heterocycles. The Balaban J connectivity index is 1.89. The van der Waals surface area contributed by atoms with Crippen LogP contribution in [0.15, 0.2) is 23.1 Å². The van der Waals surface area contributed by atoms with E-state index in [1.165, 1.54) is 4.68 Å². The van der Waals surface area contributed by atoms with Crippen LogP contribution in [0.3, 0.4) is 0 Å². The van der Waals surface area contributed by atoms with Gasteiger partial charge in [0, 0.05) is 25.7 Å². The van der Waals surface area contributed by atoms with E-state index >= 15 is 0 Å². The third kappa shape index (κ3) is 1.70. The van der Waals surface area contributed by atoms with Gasteiger partial charge in [-0.25, -0.2) is 9.48 Å². The zero-order chi connectivity index (χ0) is 12.7. The standard InChI is InChI=1S/C12H15N5O/c1-8-6-17(9-4-3-5-13-11(8)9)7-10-14-12(18)16(2)15-10/h3-5,8H,6-7H2,1-2H3,(H,14,15,18). The number of pyridine rings is 1. The van der Waals surface area contributed by atoms with Crippen LogP contribution in [0.4, 0.5) is 5.69 Å². The lowest BCUT2D eigenvalue weighted by molar-refractivity contribution is 0.691. The van der Waals surface area contributed by atoms with Gasteiger partial charge in [-0.05, 0) is 12.1 Å². The fraction of sp³-hybridized carbons (Fsp3) is 0.417. The molecular weight excluding hydrogens is 230 g/mol. The molecule has 0 fully saturated rings. The average Bonchev–Trinajstić information content (AvgIpc) is 2.83. The number of rotatable bonds is 2. The lowest BCUT2D eigenvalue weighted by Crippen LogP contribution is -2.21. The largest absolute Gasteiger partial charge is 0.362 e. The fourth-order valence-electron chi connectivity index (χ4n) is 2.43. The van der Waals surface area contributed by atoms with Crippen LogP contribution in [0, 0.1) is 0 Å². The number of nitrogens with zero attached hydrogens (tertiary/aromatic N) is 4. The molecule has 0 aromatic carbocycles. The summed E-state index contributed by atoms with van der Waals surface area (Å²) in [5, 5.41) is 4.16. The van der Waals surface area contributed by atoms with E-state index < -0.39 is 0 Å². The van der Waals surface area contributed by atoms with Crippen molar-refractivity contribution in [2.45, 2.75) is 19.4 Å². The Morgan fingerprint density at radius 2 is 2.39 bits per heavy atom. The predicted molar refractivity (Wildman–Crippen MR) is 67.5 cm³/mol. The maximum Gasteiger partial charge on any atom is 0.343 e. The fourth-order valence-corrected chi connectivity index (χ4v) is 2.43. The second kappa shape index (κ2) is 3.97. The van der Waals surface area contributed by atoms with Crippen molar-refractivity contribution in [2.75, 3.05) is 11.4 Å². The number of hydrogen-bond acceptors (Lipinski definition) is 4. The van der Waals surface area contributed by atoms with E-state index in [1.54, 1.807) is 7.05 Å². The van der Waals surface area contributed by atoms with Gasteiger partial charge in [0.2, 0.25) is 0 Å². The Kier molecular flexibility index (Phi) is 2.43. The van der Waals surface area contributed by atoms with Crippen LogP contribution in [-0.4, -0.2) is 26.3 Å². The number of hydrogen-bond donors (Lipinski definition) is 1. The number of H-pyrrole nitrogens is 1. The first-order valence-corrected chi connectivity index (χ1v) is 5.97. The van der Waals surface area contributed by atoms with E-state index in [1.807, 2.05) is 12.3 Å². The summed E-state index contributed by atoms with van der Waals surface area (Å²) in [6.07, 6.45) is 1.82. The van der Waals surface area contributed by atoms with Crippen molar-refractivity contribution < 1.29 is 0 Å². The Labute approximate surface area is 104 Å². The smallest absolute Gasteiger partial charge is 0.343 e. The summed E-state index contributed by atoms with van der Waals surface area (Å²) in [5.74, 6) is 1.10. The molecule has 0 radical (unpaired) electrons. The van der Waals surface area contributed by atoms with Gasteiger partial charge in [0.05, 0.1) is 17.9 Å². The van der Waals surface area contributed by atoms with E-state index in [4.69, 9.17) is 0 Å². The summed E-state index contributed by atoms with van der Waals surface area (Å²) < 4.78 is 1.32. The summed E-state index contributed by atoms with van der Waals surface area (Å²) in [5.41, 5.74) is 2.08. The molecule has 1 N–H and O–H groups in total. The Morgan fingerprint density at radius 3 is 3.11 bits per heavy atom. The topological polar surface area (TPSA) is 66.8 Å². The minimum Gasteiger partial charge on any atom is -0.362 e. The first-order valence-electron chi connectivity index (χ1n) is 5.97. The zero-order valence-corrected chi connectivity index (χ0v) is 10.4. The molecule has 0 saturated carbocycles. The van der Waals surface area contributed by atoms with Crippen LogP contribution in [0.25, 0.3) is 0 Å². The monoisotopic (exact) mass is 245 g/mol. The molecule has 0 bridgehead atoms. The molecule has 3 rings (SSSR count). The lowest BCUT2D eigenvalue weighted by atomic mass is 10.1. The minimum atomic E-state index is -0.177. The van der Waals surface area contributed by atoms with Crippen LogP contribution >= 0.6 is 0 Å². The molecule has 2 aromatic heterocycles. The Morgan fingerprint density at radius 1 is 1.56 bits per heavy atom. The molecule has 3 heterocycles. The summed E-state index contributed by atoms with van der Waals surface area (Å²) in [7, 11) is 1.64. The number of nitrogens with one attached hydrogen (secondary N) is 1. The first kappa shape index (κ1) is 11.0. The Hall–Kier alpha value is -2.11. The molecule has 1 aliphatic rings. The van der Waals surface area contributed by atoms with E-state index in [-0.39, 0.29) is 5.69 Å². The quantitative estimate of drug-likeness (QED) is 0.842. The van der Waals surface area contributed by atoms with Crippen LogP contribution in [0.5, 0.6) is 0 Å². The van der Waals surface area contributed by atoms with Gasteiger partial charge in [-0.2, -0.15) is 5.10 Å². The van der Waals surface area contributed by atoms with Gasteiger partial charge in [-0.15, -0.1) is 0 Å². The van der Waals surface area contributed by atoms with Crippen molar-refractivity contribution >= 4 is 5.69 Å². The zero-order valence-electron chi connectivity index (χ0n) is 10.4. The van der Waals surface area contributed by atoms with Crippen molar-refractivity contribution in [1.82, 2.24) is 19.7 Å². The van der Waals surface area contributed by atoms with Gasteiger partial charge < -0.3 is 4.90 Å². The van der Waals surface area contributed by atoms with Crippen molar-refractivity contribution in [2.24, 2.45) is 7.05 Å². The van der Waals surface area contributed by atoms with Gasteiger partial charge in [-0.1, -0.05) is 6.92 Å². The molecule has 0 aliphatic carbocycles. The van der Waals surface area contributed by atoms with E-state index in [0.29, 0.717) is 18.3 Å². The van der Waals surface area contributed by atoms with Crippen LogP contribution in [-0.2, 0) is 13.6 Å². The third-order valence-corrected chi connectivity index (χ3v) is 3.27. The summed E-state index contributed by atoms with van der Waals surface area (Å²) in [6, 6.07) is 4.00. The average molecular weight is 245 g/mol. The summed E-state index contributed by atoms with van der Waals surface area (Å²) in [6.45, 7) is 3.68. The molecule has 0 amide bonds. The normalized spacial score (nSPS) is 18.1. The van der Waals surface area contributed by atoms with Crippen LogP contribution < -0.4 is 10.6 Å². The highest BCUT2D eigenvalue weighted by molar-refractivity contribution is 5.56. The van der Waals surface area contributed by atoms with Crippen LogP contribution in [0.1, 0.15) is 24.4 Å². The number of fused-ring (bicyclic) bond motifs is 1. The van der Waals surface area contributed by atoms with Gasteiger partial charge in [0.15, 0.2) is 5.82 Å². The second-order valence-corrected chi connectivity index (χ2v) is 4.69. The molecule has 2 aromatic rings. The third-order valence-electron chi connectivity index (χ3n) is 3.27. The van der Waals surface area contributed by atoms with Crippen molar-refractivity contribution in [3.8, 4) is 0 Å². The van der Waals surface area contributed by atoms with E-state index in [2.05, 4.69) is 33.0 Å². The number of aryl methyl sites for hydroxylation is 1. The molecule has 18 heavy (non-hydrogen) atoms. The van der Waals surface area contributed by atoms with Crippen molar-refractivity contribution in [1.29, 1.82) is 0 Å². The van der Waals surface area contributed by atoms with Gasteiger partial charge in [-0.3, -0.25) is 9.97 Å². The Bertz CT molecular complexity index is 629. The molecular formula is C12H15N5O. The maximum absolute atomic E-state index is 11.3. The molecule has 6 heteroatoms. The highest BCUT2D eigenvalue weighted by Gasteiger charge is 2.27. The molecule has 94 valence electrons. The minimum absolute atomic E-state index is 0.177. The van der Waals surface area contributed by atoms with Crippen molar-refractivity contribution in [3.63, 3.8) is 0 Å². The number of aromatic amines is 1. The van der Waals surface area contributed by atoms with Crippen molar-refractivity contribution in [3.05, 3.63) is 40.3 Å². The summed E-state index contributed by atoms with van der Waals surface area (Å²) >= 11 is 0. The molecule has 6 nitrogen and oxygen atoms in total. The number of anilines is 1. The van der Waals surface area contributed by atoms with Gasteiger partial charge >= 0.3 is 5.69 Å². The van der Waals surface area contributed by atoms with Crippen LogP contribution in [0.2, 0.25) is 0 Å². The van der Waals surface area contributed by atoms with E-state index in [9.17, 15) is 4.79 Å². The molecule has 1 atom stereocenters. The highest BCUT2D eigenvalue weighted by Crippen LogP contribution is 2.34. The van der Waals surface area contributed by atoms with Gasteiger partial charge in [0.25, 0.3) is 0 Å². The SMILES string of the molecule is CC1CN(Cc2nn(C)c(=O)[nH]2)c2cccnc21. The second-order valence-electron chi connectivity index (χ2n) is 4.69. The maximum atomic E-state index is 11.3. The molecule has 1 unspecified atom stereocenters. The first-order chi connectivity index (χ1) is 8.65. The lowest BCUT2D eigenvalue weighted by Gasteiger charge is -2.17. The number of aromatic nitrogens is 4. The predicted octanol–water partition coefficient (Wildman–Crippen LogP) is 0.627. The molecule has 0 spiro atoms.